The fourth-order valence-corrected chi connectivity index (χ4v) is 1.39. The molecule has 0 aliphatic heterocycles. The molecule has 0 aliphatic rings. The van der Waals surface area contributed by atoms with Gasteiger partial charge in [-0.05, 0) is 25.0 Å². The summed E-state index contributed by atoms with van der Waals surface area (Å²) in [6, 6.07) is 3.68. The summed E-state index contributed by atoms with van der Waals surface area (Å²) in [4.78, 5) is 3.01. The van der Waals surface area contributed by atoms with E-state index in [4.69, 9.17) is 12.2 Å². The second-order valence-corrected chi connectivity index (χ2v) is 3.27. The molecule has 0 spiro atoms. The molecule has 0 bridgehead atoms. The highest BCUT2D eigenvalue weighted by molar-refractivity contribution is 7.71. The van der Waals surface area contributed by atoms with Crippen LogP contribution in [0.25, 0.3) is 0 Å². The normalized spacial score (nSPS) is 12.9. The minimum atomic E-state index is -0.378. The van der Waals surface area contributed by atoms with Crippen LogP contribution in [0, 0.1) is 11.6 Å². The number of H-pyrrole nitrogens is 1. The molecule has 1 aromatic rings. The van der Waals surface area contributed by atoms with Gasteiger partial charge in [-0.1, -0.05) is 25.2 Å². The van der Waals surface area contributed by atoms with Gasteiger partial charge in [0.2, 0.25) is 0 Å². The van der Waals surface area contributed by atoms with Gasteiger partial charge in [0, 0.05) is 5.69 Å². The molecular formula is C9H13NOS. The summed E-state index contributed by atoms with van der Waals surface area (Å²) in [6.07, 6.45) is 0.350. The van der Waals surface area contributed by atoms with Crippen LogP contribution in [0.3, 0.4) is 0 Å². The van der Waals surface area contributed by atoms with Crippen molar-refractivity contribution in [2.24, 2.45) is 0 Å². The van der Waals surface area contributed by atoms with E-state index in [9.17, 15) is 5.11 Å². The molecular weight excluding hydrogens is 170 g/mol. The van der Waals surface area contributed by atoms with Crippen LogP contribution in [0.1, 0.15) is 30.7 Å². The van der Waals surface area contributed by atoms with E-state index in [-0.39, 0.29) is 6.10 Å². The first-order valence-corrected chi connectivity index (χ1v) is 4.44. The van der Waals surface area contributed by atoms with Gasteiger partial charge >= 0.3 is 0 Å². The lowest BCUT2D eigenvalue weighted by Crippen LogP contribution is -1.99. The van der Waals surface area contributed by atoms with Gasteiger partial charge in [-0.25, -0.2) is 0 Å². The molecule has 2 nitrogen and oxygen atoms in total. The largest absolute Gasteiger partial charge is 0.388 e. The van der Waals surface area contributed by atoms with Crippen molar-refractivity contribution >= 4 is 12.2 Å². The Bertz CT molecular complexity index is 319. The highest BCUT2D eigenvalue weighted by Gasteiger charge is 2.06. The monoisotopic (exact) mass is 183 g/mol. The molecule has 0 saturated heterocycles. The molecule has 1 heterocycles. The van der Waals surface area contributed by atoms with Gasteiger partial charge in [0.25, 0.3) is 0 Å². The predicted octanol–water partition coefficient (Wildman–Crippen LogP) is 2.50. The van der Waals surface area contributed by atoms with E-state index in [1.54, 1.807) is 6.07 Å². The van der Waals surface area contributed by atoms with Crippen LogP contribution in [-0.2, 0) is 0 Å². The number of pyridine rings is 1. The number of hydrogen-bond donors (Lipinski definition) is 2. The van der Waals surface area contributed by atoms with Gasteiger partial charge in [-0.2, -0.15) is 0 Å². The number of aliphatic hydroxyl groups is 1. The van der Waals surface area contributed by atoms with Gasteiger partial charge in [0.1, 0.15) is 4.64 Å². The van der Waals surface area contributed by atoms with Crippen molar-refractivity contribution in [2.75, 3.05) is 0 Å². The highest BCUT2D eigenvalue weighted by atomic mass is 32.1. The van der Waals surface area contributed by atoms with Crippen molar-refractivity contribution < 1.29 is 5.11 Å². The van der Waals surface area contributed by atoms with Crippen molar-refractivity contribution in [2.45, 2.75) is 26.4 Å². The lowest BCUT2D eigenvalue weighted by Gasteiger charge is -2.10. The number of aromatic amines is 1. The Morgan fingerprint density at radius 2 is 2.25 bits per heavy atom. The topological polar surface area (TPSA) is 36.0 Å². The fraction of sp³-hybridized carbons (Fsp3) is 0.444. The third-order valence-corrected chi connectivity index (χ3v) is 2.14. The number of aliphatic hydroxyl groups excluding tert-OH is 1. The Balaban J connectivity index is 3.09. The van der Waals surface area contributed by atoms with E-state index in [1.165, 1.54) is 0 Å². The second-order valence-electron chi connectivity index (χ2n) is 2.83. The Morgan fingerprint density at radius 3 is 2.75 bits per heavy atom. The summed E-state index contributed by atoms with van der Waals surface area (Å²) in [5.41, 5.74) is 1.89. The van der Waals surface area contributed by atoms with Gasteiger partial charge in [-0.15, -0.1) is 0 Å². The maximum Gasteiger partial charge on any atom is 0.103 e. The van der Waals surface area contributed by atoms with E-state index in [0.717, 1.165) is 17.7 Å². The standard InChI is InChI=1S/C9H13NOS/c1-3-8(11)7-4-5-9(12)10-6(7)2/h4-5,8,11H,3H2,1-2H3,(H,10,12)/t8-/m0/s1. The van der Waals surface area contributed by atoms with E-state index in [0.29, 0.717) is 4.64 Å². The molecule has 0 fully saturated rings. The minimum Gasteiger partial charge on any atom is -0.388 e. The zero-order valence-corrected chi connectivity index (χ0v) is 8.11. The Labute approximate surface area is 77.3 Å². The summed E-state index contributed by atoms with van der Waals surface area (Å²) in [5.74, 6) is 0. The summed E-state index contributed by atoms with van der Waals surface area (Å²) in [7, 11) is 0. The molecule has 1 rings (SSSR count). The molecule has 0 aliphatic carbocycles. The summed E-state index contributed by atoms with van der Waals surface area (Å²) in [5, 5.41) is 9.55. The average Bonchev–Trinajstić information content (AvgIpc) is 2.03. The number of nitrogens with one attached hydrogen (secondary N) is 1. The van der Waals surface area contributed by atoms with Crippen LogP contribution >= 0.6 is 12.2 Å². The molecule has 0 amide bonds. The minimum absolute atomic E-state index is 0.378. The van der Waals surface area contributed by atoms with E-state index < -0.39 is 0 Å². The van der Waals surface area contributed by atoms with Gasteiger partial charge < -0.3 is 10.1 Å². The molecule has 0 radical (unpaired) electrons. The molecule has 0 saturated carbocycles. The highest BCUT2D eigenvalue weighted by Crippen LogP contribution is 2.17. The van der Waals surface area contributed by atoms with Crippen molar-refractivity contribution in [1.29, 1.82) is 0 Å². The van der Waals surface area contributed by atoms with Crippen molar-refractivity contribution in [3.63, 3.8) is 0 Å². The first-order valence-electron chi connectivity index (χ1n) is 4.03. The summed E-state index contributed by atoms with van der Waals surface area (Å²) < 4.78 is 0.708. The fourth-order valence-electron chi connectivity index (χ4n) is 1.17. The van der Waals surface area contributed by atoms with Crippen LogP contribution in [0.4, 0.5) is 0 Å². The molecule has 2 N–H and O–H groups in total. The Hall–Kier alpha value is -0.670. The van der Waals surface area contributed by atoms with Crippen LogP contribution in [0.5, 0.6) is 0 Å². The number of hydrogen-bond acceptors (Lipinski definition) is 2. The first kappa shape index (κ1) is 9.42. The molecule has 3 heteroatoms. The Kier molecular flexibility index (Phi) is 3.00. The first-order chi connectivity index (χ1) is 5.65. The predicted molar refractivity (Wildman–Crippen MR) is 51.6 cm³/mol. The molecule has 0 aromatic carbocycles. The Morgan fingerprint density at radius 1 is 1.58 bits per heavy atom. The van der Waals surface area contributed by atoms with Gasteiger partial charge in [-0.3, -0.25) is 0 Å². The number of aryl methyl sites for hydroxylation is 1. The second kappa shape index (κ2) is 3.83. The van der Waals surface area contributed by atoms with Crippen LogP contribution in [0.15, 0.2) is 12.1 Å². The number of rotatable bonds is 2. The van der Waals surface area contributed by atoms with Gasteiger partial charge in [0.15, 0.2) is 0 Å². The van der Waals surface area contributed by atoms with Crippen molar-refractivity contribution in [3.8, 4) is 0 Å². The smallest absolute Gasteiger partial charge is 0.103 e. The maximum absolute atomic E-state index is 9.55. The van der Waals surface area contributed by atoms with Crippen LogP contribution < -0.4 is 0 Å². The number of aromatic nitrogens is 1. The van der Waals surface area contributed by atoms with Crippen LogP contribution in [-0.4, -0.2) is 10.1 Å². The van der Waals surface area contributed by atoms with Crippen LogP contribution in [0.2, 0.25) is 0 Å². The third kappa shape index (κ3) is 1.93. The third-order valence-electron chi connectivity index (χ3n) is 1.90. The zero-order chi connectivity index (χ0) is 9.14. The van der Waals surface area contributed by atoms with Crippen molar-refractivity contribution in [3.05, 3.63) is 28.0 Å². The van der Waals surface area contributed by atoms with Gasteiger partial charge in [0.05, 0.1) is 6.10 Å². The summed E-state index contributed by atoms with van der Waals surface area (Å²) in [6.45, 7) is 3.87. The quantitative estimate of drug-likeness (QED) is 0.691. The maximum atomic E-state index is 9.55. The zero-order valence-electron chi connectivity index (χ0n) is 7.29. The van der Waals surface area contributed by atoms with Crippen molar-refractivity contribution in [1.82, 2.24) is 4.98 Å². The lowest BCUT2D eigenvalue weighted by atomic mass is 10.1. The molecule has 1 aromatic heterocycles. The van der Waals surface area contributed by atoms with E-state index in [2.05, 4.69) is 4.98 Å². The average molecular weight is 183 g/mol. The summed E-state index contributed by atoms with van der Waals surface area (Å²) >= 11 is 4.94. The lowest BCUT2D eigenvalue weighted by molar-refractivity contribution is 0.172. The molecule has 12 heavy (non-hydrogen) atoms. The molecule has 1 atom stereocenters. The van der Waals surface area contributed by atoms with E-state index >= 15 is 0 Å². The molecule has 0 unspecified atom stereocenters. The molecule has 66 valence electrons. The van der Waals surface area contributed by atoms with E-state index in [1.807, 2.05) is 19.9 Å². The SMILES string of the molecule is CC[C@H](O)c1ccc(=S)[nH]c1C.